The zero-order valence-corrected chi connectivity index (χ0v) is 16.1. The van der Waals surface area contributed by atoms with Crippen LogP contribution in [0.1, 0.15) is 24.6 Å². The fraction of sp³-hybridized carbons (Fsp3) is 0.429. The van der Waals surface area contributed by atoms with E-state index in [0.717, 1.165) is 18.6 Å². The molecule has 154 valence electrons. The molecule has 4 rings (SSSR count). The fourth-order valence-electron chi connectivity index (χ4n) is 3.62. The van der Waals surface area contributed by atoms with Gasteiger partial charge in [-0.1, -0.05) is 12.1 Å². The number of amides is 2. The van der Waals surface area contributed by atoms with E-state index in [1.54, 1.807) is 24.5 Å². The van der Waals surface area contributed by atoms with Crippen molar-refractivity contribution in [1.29, 1.82) is 0 Å². The number of furan rings is 1. The van der Waals surface area contributed by atoms with Gasteiger partial charge in [-0.3, -0.25) is 14.5 Å². The lowest BCUT2D eigenvalue weighted by Crippen LogP contribution is -2.51. The molecular weight excluding hydrogens is 375 g/mol. The van der Waals surface area contributed by atoms with E-state index in [1.165, 1.54) is 6.07 Å². The van der Waals surface area contributed by atoms with Crippen molar-refractivity contribution in [3.63, 3.8) is 0 Å². The van der Waals surface area contributed by atoms with Crippen molar-refractivity contribution in [2.75, 3.05) is 37.6 Å². The average Bonchev–Trinajstić information content (AvgIpc) is 3.38. The van der Waals surface area contributed by atoms with E-state index in [-0.39, 0.29) is 24.4 Å². The summed E-state index contributed by atoms with van der Waals surface area (Å²) in [5.41, 5.74) is 0.603. The molecule has 0 unspecified atom stereocenters. The summed E-state index contributed by atoms with van der Waals surface area (Å²) in [7, 11) is 0. The summed E-state index contributed by atoms with van der Waals surface area (Å²) in [6, 6.07) is 10.4. The lowest BCUT2D eigenvalue weighted by atomic mass is 10.1. The number of hydrogen-bond donors (Lipinski definition) is 2. The van der Waals surface area contributed by atoms with Crippen molar-refractivity contribution in [2.24, 2.45) is 0 Å². The lowest BCUT2D eigenvalue weighted by Gasteiger charge is -2.39. The molecule has 7 nitrogen and oxygen atoms in total. The van der Waals surface area contributed by atoms with Gasteiger partial charge in [0.25, 0.3) is 0 Å². The number of hydrogen-bond acceptors (Lipinski definition) is 5. The summed E-state index contributed by atoms with van der Waals surface area (Å²) >= 11 is 0. The minimum Gasteiger partial charge on any atom is -0.468 e. The van der Waals surface area contributed by atoms with E-state index in [1.807, 2.05) is 17.0 Å². The largest absolute Gasteiger partial charge is 0.468 e. The van der Waals surface area contributed by atoms with Crippen molar-refractivity contribution in [3.8, 4) is 0 Å². The van der Waals surface area contributed by atoms with Gasteiger partial charge >= 0.3 is 11.8 Å². The first-order valence-corrected chi connectivity index (χ1v) is 9.97. The second-order valence-electron chi connectivity index (χ2n) is 7.46. The standard InChI is InChI=1S/C21H25FN4O3/c22-16-4-1-2-5-17(16)25-9-11-26(12-10-25)18(19-6-3-13-29-19)14-23-20(27)21(28)24-15-7-8-15/h1-6,13,15,18H,7-12,14H2,(H,23,27)(H,24,28)/t18-/m0/s1. The normalized spacial score (nSPS) is 18.3. The summed E-state index contributed by atoms with van der Waals surface area (Å²) < 4.78 is 19.7. The Morgan fingerprint density at radius 3 is 2.48 bits per heavy atom. The minimum atomic E-state index is -0.626. The van der Waals surface area contributed by atoms with Crippen molar-refractivity contribution in [2.45, 2.75) is 24.9 Å². The highest BCUT2D eigenvalue weighted by molar-refractivity contribution is 6.35. The minimum absolute atomic E-state index is 0.139. The molecule has 1 saturated heterocycles. The molecule has 2 aliphatic rings. The third-order valence-corrected chi connectivity index (χ3v) is 5.39. The molecule has 1 aliphatic carbocycles. The van der Waals surface area contributed by atoms with Gasteiger partial charge in [0.2, 0.25) is 0 Å². The Morgan fingerprint density at radius 1 is 1.07 bits per heavy atom. The molecule has 1 aliphatic heterocycles. The molecule has 2 N–H and O–H groups in total. The summed E-state index contributed by atoms with van der Waals surface area (Å²) in [5, 5.41) is 5.42. The first kappa shape index (κ1) is 19.4. The van der Waals surface area contributed by atoms with Crippen LogP contribution in [0.2, 0.25) is 0 Å². The maximum absolute atomic E-state index is 14.1. The predicted octanol–water partition coefficient (Wildman–Crippen LogP) is 1.68. The topological polar surface area (TPSA) is 77.8 Å². The Hall–Kier alpha value is -2.87. The van der Waals surface area contributed by atoms with Crippen LogP contribution in [0.5, 0.6) is 0 Å². The summed E-state index contributed by atoms with van der Waals surface area (Å²) in [6.45, 7) is 2.96. The number of nitrogens with one attached hydrogen (secondary N) is 2. The molecule has 1 atom stereocenters. The second kappa shape index (κ2) is 8.65. The van der Waals surface area contributed by atoms with Gasteiger partial charge in [0.1, 0.15) is 11.6 Å². The van der Waals surface area contributed by atoms with Crippen molar-refractivity contribution in [3.05, 3.63) is 54.2 Å². The monoisotopic (exact) mass is 400 g/mol. The smallest absolute Gasteiger partial charge is 0.309 e. The van der Waals surface area contributed by atoms with E-state index in [0.29, 0.717) is 31.9 Å². The van der Waals surface area contributed by atoms with E-state index in [9.17, 15) is 14.0 Å². The third kappa shape index (κ3) is 4.76. The number of rotatable bonds is 6. The molecule has 0 radical (unpaired) electrons. The van der Waals surface area contributed by atoms with Gasteiger partial charge in [-0.2, -0.15) is 0 Å². The van der Waals surface area contributed by atoms with E-state index >= 15 is 0 Å². The molecule has 1 aromatic carbocycles. The molecule has 8 heteroatoms. The Bertz CT molecular complexity index is 845. The van der Waals surface area contributed by atoms with Crippen LogP contribution in [0.25, 0.3) is 0 Å². The van der Waals surface area contributed by atoms with Crippen LogP contribution in [-0.4, -0.2) is 55.5 Å². The van der Waals surface area contributed by atoms with Gasteiger partial charge in [-0.15, -0.1) is 0 Å². The van der Waals surface area contributed by atoms with Crippen LogP contribution in [0.4, 0.5) is 10.1 Å². The zero-order valence-electron chi connectivity index (χ0n) is 16.1. The van der Waals surface area contributed by atoms with Gasteiger partial charge in [-0.25, -0.2) is 4.39 Å². The number of halogens is 1. The van der Waals surface area contributed by atoms with Crippen molar-refractivity contribution in [1.82, 2.24) is 15.5 Å². The predicted molar refractivity (Wildman–Crippen MR) is 106 cm³/mol. The fourth-order valence-corrected chi connectivity index (χ4v) is 3.62. The number of anilines is 1. The van der Waals surface area contributed by atoms with Gasteiger partial charge in [0.05, 0.1) is 18.0 Å². The van der Waals surface area contributed by atoms with Crippen LogP contribution in [0.15, 0.2) is 47.1 Å². The van der Waals surface area contributed by atoms with E-state index in [4.69, 9.17) is 4.42 Å². The van der Waals surface area contributed by atoms with Crippen molar-refractivity contribution < 1.29 is 18.4 Å². The van der Waals surface area contributed by atoms with Gasteiger partial charge < -0.3 is 20.0 Å². The summed E-state index contributed by atoms with van der Waals surface area (Å²) in [6.07, 6.45) is 3.46. The summed E-state index contributed by atoms with van der Waals surface area (Å²) in [4.78, 5) is 28.2. The molecule has 2 fully saturated rings. The van der Waals surface area contributed by atoms with Gasteiger partial charge in [0.15, 0.2) is 0 Å². The van der Waals surface area contributed by atoms with Crippen LogP contribution >= 0.6 is 0 Å². The first-order chi connectivity index (χ1) is 14.1. The highest BCUT2D eigenvalue weighted by Gasteiger charge is 2.30. The molecule has 0 spiro atoms. The van der Waals surface area contributed by atoms with E-state index in [2.05, 4.69) is 15.5 Å². The van der Waals surface area contributed by atoms with Crippen molar-refractivity contribution >= 4 is 17.5 Å². The lowest BCUT2D eigenvalue weighted by molar-refractivity contribution is -0.139. The Labute approximate surface area is 168 Å². The highest BCUT2D eigenvalue weighted by Crippen LogP contribution is 2.25. The van der Waals surface area contributed by atoms with Gasteiger partial charge in [-0.05, 0) is 37.1 Å². The average molecular weight is 400 g/mol. The number of carbonyl (C=O) groups is 2. The summed E-state index contributed by atoms with van der Waals surface area (Å²) in [5.74, 6) is -0.710. The Kier molecular flexibility index (Phi) is 5.80. The number of piperazine rings is 1. The Morgan fingerprint density at radius 2 is 1.83 bits per heavy atom. The van der Waals surface area contributed by atoms with E-state index < -0.39 is 11.8 Å². The highest BCUT2D eigenvalue weighted by atomic mass is 19.1. The quantitative estimate of drug-likeness (QED) is 0.722. The zero-order chi connectivity index (χ0) is 20.2. The molecular formula is C21H25FN4O3. The second-order valence-corrected chi connectivity index (χ2v) is 7.46. The van der Waals surface area contributed by atoms with Crippen LogP contribution in [0, 0.1) is 5.82 Å². The van der Waals surface area contributed by atoms with Gasteiger partial charge in [0, 0.05) is 38.8 Å². The van der Waals surface area contributed by atoms with Crippen LogP contribution < -0.4 is 15.5 Å². The van der Waals surface area contributed by atoms with Crippen LogP contribution in [0.3, 0.4) is 0 Å². The maximum Gasteiger partial charge on any atom is 0.309 e. The number of benzene rings is 1. The molecule has 1 aromatic heterocycles. The Balaban J connectivity index is 1.37. The molecule has 29 heavy (non-hydrogen) atoms. The molecule has 2 aromatic rings. The number of carbonyl (C=O) groups excluding carboxylic acids is 2. The number of nitrogens with zero attached hydrogens (tertiary/aromatic N) is 2. The molecule has 1 saturated carbocycles. The SMILES string of the molecule is O=C(NC[C@@H](c1ccco1)N1CCN(c2ccccc2F)CC1)C(=O)NC1CC1. The third-order valence-electron chi connectivity index (χ3n) is 5.39. The number of para-hydroxylation sites is 1. The maximum atomic E-state index is 14.1. The first-order valence-electron chi connectivity index (χ1n) is 9.97. The molecule has 0 bridgehead atoms. The van der Waals surface area contributed by atoms with Crippen LogP contribution in [-0.2, 0) is 9.59 Å². The molecule has 2 amide bonds. The molecule has 2 heterocycles.